The Labute approximate surface area is 130 Å². The van der Waals surface area contributed by atoms with E-state index < -0.39 is 0 Å². The van der Waals surface area contributed by atoms with Crippen molar-refractivity contribution >= 4 is 0 Å². The molecule has 22 heavy (non-hydrogen) atoms. The molecule has 2 heterocycles. The molecule has 0 spiro atoms. The molecular formula is C17H22N2O3. The lowest BCUT2D eigenvalue weighted by atomic mass is 9.88. The van der Waals surface area contributed by atoms with E-state index in [1.165, 1.54) is 0 Å². The molecular weight excluding hydrogens is 280 g/mol. The third-order valence-electron chi connectivity index (χ3n) is 4.20. The zero-order valence-electron chi connectivity index (χ0n) is 13.3. The lowest BCUT2D eigenvalue weighted by Gasteiger charge is -2.34. The fourth-order valence-electron chi connectivity index (χ4n) is 2.94. The van der Waals surface area contributed by atoms with Gasteiger partial charge in [0, 0.05) is 12.5 Å². The fraction of sp³-hybridized carbons (Fsp3) is 0.529. The third kappa shape index (κ3) is 2.99. The van der Waals surface area contributed by atoms with E-state index in [0.717, 1.165) is 24.8 Å². The highest BCUT2D eigenvalue weighted by Crippen LogP contribution is 2.36. The molecule has 118 valence electrons. The minimum Gasteiger partial charge on any atom is -0.507 e. The van der Waals surface area contributed by atoms with Crippen LogP contribution in [-0.2, 0) is 11.2 Å². The van der Waals surface area contributed by atoms with E-state index in [1.807, 2.05) is 12.1 Å². The molecule has 1 fully saturated rings. The van der Waals surface area contributed by atoms with Gasteiger partial charge >= 0.3 is 0 Å². The molecule has 1 atom stereocenters. The smallest absolute Gasteiger partial charge is 0.261 e. The molecule has 1 aromatic carbocycles. The molecule has 1 unspecified atom stereocenters. The monoisotopic (exact) mass is 302 g/mol. The number of hydrogen-bond acceptors (Lipinski definition) is 5. The van der Waals surface area contributed by atoms with Crippen LogP contribution in [0.2, 0.25) is 0 Å². The van der Waals surface area contributed by atoms with Crippen molar-refractivity contribution in [2.45, 2.75) is 51.6 Å². The maximum absolute atomic E-state index is 10.0. The molecule has 1 aliphatic rings. The number of ether oxygens (including phenoxy) is 1. The fourth-order valence-corrected chi connectivity index (χ4v) is 2.94. The van der Waals surface area contributed by atoms with Crippen molar-refractivity contribution in [3.05, 3.63) is 29.6 Å². The molecule has 3 rings (SSSR count). The van der Waals surface area contributed by atoms with Gasteiger partial charge in [0.15, 0.2) is 5.82 Å². The van der Waals surface area contributed by atoms with Gasteiger partial charge in [0.05, 0.1) is 11.2 Å². The van der Waals surface area contributed by atoms with Crippen molar-refractivity contribution in [1.29, 1.82) is 0 Å². The van der Waals surface area contributed by atoms with Gasteiger partial charge in [-0.1, -0.05) is 18.1 Å². The summed E-state index contributed by atoms with van der Waals surface area (Å²) in [6.45, 7) is 6.94. The predicted molar refractivity (Wildman–Crippen MR) is 82.8 cm³/mol. The Morgan fingerprint density at radius 2 is 2.18 bits per heavy atom. The topological polar surface area (TPSA) is 68.4 Å². The van der Waals surface area contributed by atoms with Crippen LogP contribution in [0.15, 0.2) is 22.7 Å². The standard InChI is InChI=1S/C17H22N2O3/c1-4-11-5-6-14(20)13(9-11)16-18-15(19-22-16)12-7-8-21-17(2,3)10-12/h5-6,9,12,20H,4,7-8,10H2,1-3H3. The molecule has 1 saturated heterocycles. The van der Waals surface area contributed by atoms with Crippen LogP contribution in [0.25, 0.3) is 11.5 Å². The summed E-state index contributed by atoms with van der Waals surface area (Å²) >= 11 is 0. The number of nitrogens with zero attached hydrogens (tertiary/aromatic N) is 2. The summed E-state index contributed by atoms with van der Waals surface area (Å²) < 4.78 is 11.1. The Morgan fingerprint density at radius 1 is 1.36 bits per heavy atom. The van der Waals surface area contributed by atoms with Crippen LogP contribution < -0.4 is 0 Å². The van der Waals surface area contributed by atoms with Gasteiger partial charge in [-0.2, -0.15) is 4.98 Å². The highest BCUT2D eigenvalue weighted by molar-refractivity contribution is 5.63. The zero-order valence-corrected chi connectivity index (χ0v) is 13.3. The maximum atomic E-state index is 10.0. The van der Waals surface area contributed by atoms with Crippen molar-refractivity contribution in [2.75, 3.05) is 6.61 Å². The molecule has 0 amide bonds. The Kier molecular flexibility index (Phi) is 3.91. The van der Waals surface area contributed by atoms with E-state index in [2.05, 4.69) is 30.9 Å². The quantitative estimate of drug-likeness (QED) is 0.936. The molecule has 2 aromatic rings. The number of phenolic OH excluding ortho intramolecular Hbond substituents is 1. The first kappa shape index (κ1) is 15.0. The van der Waals surface area contributed by atoms with Crippen LogP contribution in [0.4, 0.5) is 0 Å². The average Bonchev–Trinajstić information content (AvgIpc) is 2.96. The van der Waals surface area contributed by atoms with Gasteiger partial charge in [0.1, 0.15) is 5.75 Å². The summed E-state index contributed by atoms with van der Waals surface area (Å²) in [6, 6.07) is 5.48. The zero-order chi connectivity index (χ0) is 15.7. The normalized spacial score (nSPS) is 21.0. The van der Waals surface area contributed by atoms with E-state index in [9.17, 15) is 5.11 Å². The van der Waals surface area contributed by atoms with E-state index in [1.54, 1.807) is 6.07 Å². The second-order valence-corrected chi connectivity index (χ2v) is 6.46. The van der Waals surface area contributed by atoms with Crippen LogP contribution in [0.3, 0.4) is 0 Å². The summed E-state index contributed by atoms with van der Waals surface area (Å²) in [5, 5.41) is 14.2. The third-order valence-corrected chi connectivity index (χ3v) is 4.20. The number of aryl methyl sites for hydroxylation is 1. The molecule has 0 saturated carbocycles. The number of aromatic hydroxyl groups is 1. The Bertz CT molecular complexity index is 664. The molecule has 0 bridgehead atoms. The summed E-state index contributed by atoms with van der Waals surface area (Å²) in [4.78, 5) is 4.51. The lowest BCUT2D eigenvalue weighted by Crippen LogP contribution is -2.33. The Balaban J connectivity index is 1.88. The first-order valence-corrected chi connectivity index (χ1v) is 7.78. The second-order valence-electron chi connectivity index (χ2n) is 6.46. The van der Waals surface area contributed by atoms with Crippen molar-refractivity contribution < 1.29 is 14.4 Å². The van der Waals surface area contributed by atoms with Gasteiger partial charge in [-0.25, -0.2) is 0 Å². The highest BCUT2D eigenvalue weighted by atomic mass is 16.5. The molecule has 1 N–H and O–H groups in total. The predicted octanol–water partition coefficient (Wildman–Crippen LogP) is 3.68. The van der Waals surface area contributed by atoms with Crippen LogP contribution in [-0.4, -0.2) is 27.5 Å². The second kappa shape index (κ2) is 5.72. The first-order chi connectivity index (χ1) is 10.5. The van der Waals surface area contributed by atoms with E-state index >= 15 is 0 Å². The minimum atomic E-state index is -0.159. The van der Waals surface area contributed by atoms with Gasteiger partial charge in [0.25, 0.3) is 5.89 Å². The molecule has 1 aromatic heterocycles. The van der Waals surface area contributed by atoms with Crippen LogP contribution in [0.1, 0.15) is 50.9 Å². The summed E-state index contributed by atoms with van der Waals surface area (Å²) in [7, 11) is 0. The van der Waals surface area contributed by atoms with Gasteiger partial charge in [-0.05, 0) is 50.8 Å². The highest BCUT2D eigenvalue weighted by Gasteiger charge is 2.32. The summed E-state index contributed by atoms with van der Waals surface area (Å²) in [5.74, 6) is 1.48. The van der Waals surface area contributed by atoms with E-state index in [0.29, 0.717) is 23.9 Å². The SMILES string of the molecule is CCc1ccc(O)c(-c2nc(C3CCOC(C)(C)C3)no2)c1. The van der Waals surface area contributed by atoms with Gasteiger partial charge in [0.2, 0.25) is 0 Å². The van der Waals surface area contributed by atoms with Gasteiger partial charge in [-0.15, -0.1) is 0 Å². The molecule has 1 aliphatic heterocycles. The molecule has 5 heteroatoms. The summed E-state index contributed by atoms with van der Waals surface area (Å²) in [5.41, 5.74) is 1.57. The van der Waals surface area contributed by atoms with E-state index in [4.69, 9.17) is 9.26 Å². The van der Waals surface area contributed by atoms with Crippen LogP contribution in [0.5, 0.6) is 5.75 Å². The minimum absolute atomic E-state index is 0.159. The first-order valence-electron chi connectivity index (χ1n) is 7.78. The molecule has 0 aliphatic carbocycles. The largest absolute Gasteiger partial charge is 0.507 e. The van der Waals surface area contributed by atoms with Crippen LogP contribution in [0, 0.1) is 0 Å². The van der Waals surface area contributed by atoms with Gasteiger partial charge in [-0.3, -0.25) is 0 Å². The number of rotatable bonds is 3. The Hall–Kier alpha value is -1.88. The summed E-state index contributed by atoms with van der Waals surface area (Å²) in [6.07, 6.45) is 2.65. The lowest BCUT2D eigenvalue weighted by molar-refractivity contribution is -0.0604. The van der Waals surface area contributed by atoms with Crippen LogP contribution >= 0.6 is 0 Å². The van der Waals surface area contributed by atoms with Crippen molar-refractivity contribution in [3.63, 3.8) is 0 Å². The van der Waals surface area contributed by atoms with Crippen molar-refractivity contribution in [3.8, 4) is 17.2 Å². The van der Waals surface area contributed by atoms with Gasteiger partial charge < -0.3 is 14.4 Å². The molecule has 5 nitrogen and oxygen atoms in total. The molecule has 0 radical (unpaired) electrons. The van der Waals surface area contributed by atoms with E-state index in [-0.39, 0.29) is 17.3 Å². The number of phenols is 1. The average molecular weight is 302 g/mol. The number of hydrogen-bond donors (Lipinski definition) is 1. The van der Waals surface area contributed by atoms with Crippen molar-refractivity contribution in [1.82, 2.24) is 10.1 Å². The number of aromatic nitrogens is 2. The number of benzene rings is 1. The van der Waals surface area contributed by atoms with Crippen molar-refractivity contribution in [2.24, 2.45) is 0 Å². The Morgan fingerprint density at radius 3 is 2.91 bits per heavy atom. The maximum Gasteiger partial charge on any atom is 0.261 e.